The maximum absolute atomic E-state index is 2.54. The number of hydrogen-bond donors (Lipinski definition) is 0. The molecule has 260 valence electrons. The Kier molecular flexibility index (Phi) is 6.24. The van der Waals surface area contributed by atoms with Gasteiger partial charge < -0.3 is 4.90 Å². The second kappa shape index (κ2) is 11.0. The Hall–Kier alpha value is -5.66. The van der Waals surface area contributed by atoms with Crippen LogP contribution in [0.15, 0.2) is 158 Å². The molecule has 5 aliphatic rings. The van der Waals surface area contributed by atoms with Gasteiger partial charge in [-0.3, -0.25) is 0 Å². The lowest BCUT2D eigenvalue weighted by atomic mass is 9.70. The molecule has 3 unspecified atom stereocenters. The molecule has 0 N–H and O–H groups in total. The van der Waals surface area contributed by atoms with E-state index in [-0.39, 0.29) is 10.8 Å². The first kappa shape index (κ1) is 30.8. The minimum atomic E-state index is -0.381. The molecule has 5 aliphatic carbocycles. The van der Waals surface area contributed by atoms with Crippen LogP contribution in [-0.4, -0.2) is 0 Å². The van der Waals surface area contributed by atoms with Crippen LogP contribution in [0.1, 0.15) is 84.4 Å². The van der Waals surface area contributed by atoms with Gasteiger partial charge in [-0.2, -0.15) is 0 Å². The molecule has 1 spiro atoms. The van der Waals surface area contributed by atoms with Gasteiger partial charge in [-0.1, -0.05) is 142 Å². The largest absolute Gasteiger partial charge is 0.310 e. The SMILES string of the molecule is CC1(C)c2ccccc2-c2ccc(N(c3ccc(C4CC5CCC4C5)cc3)c3ccc4c(c3)C3(c5ccccc5-c5ccccc53)c3ccccc3-4)cc21. The van der Waals surface area contributed by atoms with E-state index < -0.39 is 0 Å². The van der Waals surface area contributed by atoms with Crippen molar-refractivity contribution in [2.75, 3.05) is 4.90 Å². The molecule has 12 rings (SSSR count). The van der Waals surface area contributed by atoms with E-state index in [1.54, 1.807) is 0 Å². The topological polar surface area (TPSA) is 3.24 Å². The Morgan fingerprint density at radius 2 is 0.889 bits per heavy atom. The third kappa shape index (κ3) is 3.95. The molecule has 7 aromatic carbocycles. The van der Waals surface area contributed by atoms with Gasteiger partial charge in [0.05, 0.1) is 5.41 Å². The van der Waals surface area contributed by atoms with E-state index in [0.29, 0.717) is 5.92 Å². The maximum Gasteiger partial charge on any atom is 0.0726 e. The third-order valence-corrected chi connectivity index (χ3v) is 14.4. The summed E-state index contributed by atoms with van der Waals surface area (Å²) in [5, 5.41) is 0. The van der Waals surface area contributed by atoms with E-state index in [9.17, 15) is 0 Å². The van der Waals surface area contributed by atoms with E-state index in [4.69, 9.17) is 0 Å². The summed E-state index contributed by atoms with van der Waals surface area (Å²) in [6.45, 7) is 4.78. The Morgan fingerprint density at radius 3 is 1.43 bits per heavy atom. The normalized spacial score (nSPS) is 21.0. The molecule has 1 nitrogen and oxygen atoms in total. The second-order valence-electron chi connectivity index (χ2n) is 17.2. The van der Waals surface area contributed by atoms with Crippen LogP contribution >= 0.6 is 0 Å². The molecule has 0 saturated heterocycles. The average molecular weight is 694 g/mol. The van der Waals surface area contributed by atoms with E-state index >= 15 is 0 Å². The fraction of sp³-hybridized carbons (Fsp3) is 0.208. The van der Waals surface area contributed by atoms with Crippen LogP contribution in [0.3, 0.4) is 0 Å². The minimum absolute atomic E-state index is 0.0832. The quantitative estimate of drug-likeness (QED) is 0.177. The number of hydrogen-bond acceptors (Lipinski definition) is 1. The van der Waals surface area contributed by atoms with Crippen LogP contribution in [-0.2, 0) is 10.8 Å². The molecule has 3 atom stereocenters. The Bertz CT molecular complexity index is 2610. The minimum Gasteiger partial charge on any atom is -0.310 e. The predicted octanol–water partition coefficient (Wildman–Crippen LogP) is 13.7. The zero-order valence-corrected chi connectivity index (χ0v) is 31.0. The summed E-state index contributed by atoms with van der Waals surface area (Å²) < 4.78 is 0. The van der Waals surface area contributed by atoms with Crippen LogP contribution in [0, 0.1) is 11.8 Å². The highest BCUT2D eigenvalue weighted by atomic mass is 15.1. The summed E-state index contributed by atoms with van der Waals surface area (Å²) >= 11 is 0. The number of nitrogens with zero attached hydrogens (tertiary/aromatic N) is 1. The molecule has 0 aliphatic heterocycles. The molecule has 0 radical (unpaired) electrons. The highest BCUT2D eigenvalue weighted by molar-refractivity contribution is 5.96. The van der Waals surface area contributed by atoms with Crippen molar-refractivity contribution in [3.8, 4) is 33.4 Å². The number of benzene rings is 7. The van der Waals surface area contributed by atoms with Gasteiger partial charge >= 0.3 is 0 Å². The van der Waals surface area contributed by atoms with Crippen LogP contribution < -0.4 is 4.90 Å². The summed E-state index contributed by atoms with van der Waals surface area (Å²) in [5.74, 6) is 2.51. The van der Waals surface area contributed by atoms with Crippen LogP contribution in [0.2, 0.25) is 0 Å². The van der Waals surface area contributed by atoms with Crippen molar-refractivity contribution >= 4 is 17.1 Å². The van der Waals surface area contributed by atoms with Gasteiger partial charge in [-0.15, -0.1) is 0 Å². The fourth-order valence-electron chi connectivity index (χ4n) is 12.0. The van der Waals surface area contributed by atoms with E-state index in [2.05, 4.69) is 176 Å². The molecule has 0 aromatic heterocycles. The molecule has 7 aromatic rings. The standard InChI is InChI=1S/C53H43N/c1-52(2)46-15-7-3-11-39(46)43-27-25-37(31-50(43)52)54(36-23-21-34(22-24-36)45-30-33-19-20-35(45)29-33)38-26-28-44-42-14-6-10-18-49(42)53(51(44)32-38)47-16-8-4-12-40(47)41-13-5-9-17-48(41)53/h3-18,21-28,31-33,35,45H,19-20,29-30H2,1-2H3. The highest BCUT2D eigenvalue weighted by Gasteiger charge is 2.51. The second-order valence-corrected chi connectivity index (χ2v) is 17.2. The zero-order chi connectivity index (χ0) is 35.8. The van der Waals surface area contributed by atoms with Crippen molar-refractivity contribution in [1.29, 1.82) is 0 Å². The van der Waals surface area contributed by atoms with Gasteiger partial charge in [0, 0.05) is 22.5 Å². The van der Waals surface area contributed by atoms with Crippen molar-refractivity contribution in [1.82, 2.24) is 0 Å². The van der Waals surface area contributed by atoms with Gasteiger partial charge in [-0.05, 0) is 146 Å². The summed E-state index contributed by atoms with van der Waals surface area (Å²) in [4.78, 5) is 2.54. The van der Waals surface area contributed by atoms with Gasteiger partial charge in [0.2, 0.25) is 0 Å². The number of rotatable bonds is 4. The first-order valence-corrected chi connectivity index (χ1v) is 20.1. The van der Waals surface area contributed by atoms with Crippen molar-refractivity contribution in [2.45, 2.75) is 56.3 Å². The highest BCUT2D eigenvalue weighted by Crippen LogP contribution is 2.63. The van der Waals surface area contributed by atoms with Crippen molar-refractivity contribution in [3.63, 3.8) is 0 Å². The molecule has 2 saturated carbocycles. The Labute approximate surface area is 319 Å². The predicted molar refractivity (Wildman–Crippen MR) is 223 cm³/mol. The summed E-state index contributed by atoms with van der Waals surface area (Å²) in [6.07, 6.45) is 5.63. The van der Waals surface area contributed by atoms with Gasteiger partial charge in [0.1, 0.15) is 0 Å². The lowest BCUT2D eigenvalue weighted by Gasteiger charge is -2.32. The maximum atomic E-state index is 2.54. The lowest BCUT2D eigenvalue weighted by Crippen LogP contribution is -2.26. The Morgan fingerprint density at radius 1 is 0.426 bits per heavy atom. The molecule has 1 heteroatoms. The molecule has 0 heterocycles. The first-order chi connectivity index (χ1) is 26.5. The fourth-order valence-corrected chi connectivity index (χ4v) is 12.0. The van der Waals surface area contributed by atoms with Gasteiger partial charge in [0.15, 0.2) is 0 Å². The van der Waals surface area contributed by atoms with Crippen LogP contribution in [0.4, 0.5) is 17.1 Å². The molecule has 0 amide bonds. The first-order valence-electron chi connectivity index (χ1n) is 20.1. The van der Waals surface area contributed by atoms with E-state index in [0.717, 1.165) is 11.8 Å². The van der Waals surface area contributed by atoms with Gasteiger partial charge in [0.25, 0.3) is 0 Å². The smallest absolute Gasteiger partial charge is 0.0726 e. The summed E-state index contributed by atoms with van der Waals surface area (Å²) in [7, 11) is 0. The van der Waals surface area contributed by atoms with Crippen LogP contribution in [0.5, 0.6) is 0 Å². The number of fused-ring (bicyclic) bond motifs is 15. The third-order valence-electron chi connectivity index (χ3n) is 14.4. The zero-order valence-electron chi connectivity index (χ0n) is 31.0. The molecular weight excluding hydrogens is 651 g/mol. The number of anilines is 3. The van der Waals surface area contributed by atoms with Crippen molar-refractivity contribution in [2.24, 2.45) is 11.8 Å². The lowest BCUT2D eigenvalue weighted by molar-refractivity contribution is 0.420. The van der Waals surface area contributed by atoms with E-state index in [1.165, 1.54) is 115 Å². The monoisotopic (exact) mass is 693 g/mol. The summed E-state index contributed by atoms with van der Waals surface area (Å²) in [5.41, 5.74) is 21.1. The van der Waals surface area contributed by atoms with Crippen LogP contribution in [0.25, 0.3) is 33.4 Å². The van der Waals surface area contributed by atoms with Gasteiger partial charge in [-0.25, -0.2) is 0 Å². The molecule has 2 bridgehead atoms. The summed E-state index contributed by atoms with van der Waals surface area (Å²) in [6, 6.07) is 60.6. The van der Waals surface area contributed by atoms with E-state index in [1.807, 2.05) is 0 Å². The molecular formula is C53H43N. The average Bonchev–Trinajstić information content (AvgIpc) is 4.03. The Balaban J connectivity index is 1.07. The van der Waals surface area contributed by atoms with Crippen molar-refractivity contribution < 1.29 is 0 Å². The van der Waals surface area contributed by atoms with Crippen molar-refractivity contribution in [3.05, 3.63) is 197 Å². The molecule has 2 fully saturated rings. The molecule has 54 heavy (non-hydrogen) atoms.